The highest BCUT2D eigenvalue weighted by Crippen LogP contribution is 2.34. The van der Waals surface area contributed by atoms with Crippen LogP contribution in [-0.2, 0) is 0 Å². The SMILES string of the molecule is O=C(Nc1ccc(Oc2ccnc3cc(-c4ccccc4)oc23)cc1)Oc1cccn(-c2ccc(F)cc2)c1=O. The molecule has 0 aliphatic heterocycles. The summed E-state index contributed by atoms with van der Waals surface area (Å²) in [5.41, 5.74) is 2.41. The predicted molar refractivity (Wildman–Crippen MR) is 148 cm³/mol. The molecule has 0 fully saturated rings. The number of nitrogens with zero attached hydrogens (tertiary/aromatic N) is 2. The van der Waals surface area contributed by atoms with E-state index in [2.05, 4.69) is 10.3 Å². The van der Waals surface area contributed by atoms with Gasteiger partial charge in [-0.05, 0) is 60.7 Å². The van der Waals surface area contributed by atoms with Gasteiger partial charge in [0.15, 0.2) is 17.1 Å². The van der Waals surface area contributed by atoms with Gasteiger partial charge in [0.05, 0.1) is 0 Å². The molecule has 0 atom stereocenters. The molecular weight excluding hydrogens is 513 g/mol. The summed E-state index contributed by atoms with van der Waals surface area (Å²) in [6.45, 7) is 0. The Kier molecular flexibility index (Phi) is 6.51. The van der Waals surface area contributed by atoms with E-state index in [1.54, 1.807) is 42.6 Å². The maximum atomic E-state index is 13.2. The fourth-order valence-corrected chi connectivity index (χ4v) is 4.07. The second kappa shape index (κ2) is 10.6. The highest BCUT2D eigenvalue weighted by atomic mass is 19.1. The molecular formula is C31H20FN3O5. The van der Waals surface area contributed by atoms with Crippen molar-refractivity contribution in [3.05, 3.63) is 132 Å². The first-order valence-corrected chi connectivity index (χ1v) is 12.2. The van der Waals surface area contributed by atoms with Crippen molar-refractivity contribution < 1.29 is 23.1 Å². The zero-order chi connectivity index (χ0) is 27.5. The normalized spacial score (nSPS) is 10.8. The molecule has 8 nitrogen and oxygen atoms in total. The van der Waals surface area contributed by atoms with Gasteiger partial charge in [-0.1, -0.05) is 30.3 Å². The summed E-state index contributed by atoms with van der Waals surface area (Å²) in [6, 6.07) is 28.2. The van der Waals surface area contributed by atoms with Crippen molar-refractivity contribution >= 4 is 22.9 Å². The summed E-state index contributed by atoms with van der Waals surface area (Å²) in [5, 5.41) is 2.58. The quantitative estimate of drug-likeness (QED) is 0.244. The van der Waals surface area contributed by atoms with Crippen molar-refractivity contribution in [2.45, 2.75) is 0 Å². The first kappa shape index (κ1) is 24.6. The Labute approximate surface area is 226 Å². The summed E-state index contributed by atoms with van der Waals surface area (Å²) in [4.78, 5) is 29.6. The molecule has 0 saturated carbocycles. The van der Waals surface area contributed by atoms with E-state index in [9.17, 15) is 14.0 Å². The van der Waals surface area contributed by atoms with Crippen molar-refractivity contribution in [3.8, 4) is 34.3 Å². The summed E-state index contributed by atoms with van der Waals surface area (Å²) in [6.07, 6.45) is 2.30. The van der Waals surface area contributed by atoms with Crippen LogP contribution in [0.1, 0.15) is 0 Å². The first-order chi connectivity index (χ1) is 19.5. The van der Waals surface area contributed by atoms with Crippen LogP contribution in [0.4, 0.5) is 14.9 Å². The lowest BCUT2D eigenvalue weighted by Crippen LogP contribution is -2.24. The summed E-state index contributed by atoms with van der Waals surface area (Å²) >= 11 is 0. The molecule has 1 N–H and O–H groups in total. The van der Waals surface area contributed by atoms with Gasteiger partial charge >= 0.3 is 6.09 Å². The molecule has 0 aliphatic rings. The fourth-order valence-electron chi connectivity index (χ4n) is 4.07. The molecule has 0 unspecified atom stereocenters. The number of benzene rings is 3. The Bertz CT molecular complexity index is 1860. The van der Waals surface area contributed by atoms with Crippen molar-refractivity contribution in [2.24, 2.45) is 0 Å². The molecule has 1 amide bonds. The first-order valence-electron chi connectivity index (χ1n) is 12.2. The number of ether oxygens (including phenoxy) is 2. The van der Waals surface area contributed by atoms with Crippen LogP contribution in [0, 0.1) is 5.82 Å². The van der Waals surface area contributed by atoms with Crippen molar-refractivity contribution in [3.63, 3.8) is 0 Å². The molecule has 0 radical (unpaired) electrons. The number of carbonyl (C=O) groups is 1. The Morgan fingerprint density at radius 2 is 1.65 bits per heavy atom. The van der Waals surface area contributed by atoms with Gasteiger partial charge in [-0.25, -0.2) is 9.18 Å². The lowest BCUT2D eigenvalue weighted by atomic mass is 10.2. The minimum Gasteiger partial charge on any atom is -0.453 e. The number of carbonyl (C=O) groups excluding carboxylic acids is 1. The van der Waals surface area contributed by atoms with Gasteiger partial charge in [0.25, 0.3) is 5.56 Å². The Balaban J connectivity index is 1.14. The van der Waals surface area contributed by atoms with Crippen LogP contribution in [-0.4, -0.2) is 15.6 Å². The van der Waals surface area contributed by atoms with Gasteiger partial charge in [0.1, 0.15) is 22.8 Å². The Morgan fingerprint density at radius 3 is 2.42 bits per heavy atom. The van der Waals surface area contributed by atoms with Gasteiger partial charge < -0.3 is 13.9 Å². The molecule has 3 aromatic carbocycles. The minimum atomic E-state index is -0.845. The molecule has 0 spiro atoms. The van der Waals surface area contributed by atoms with Gasteiger partial charge in [0.2, 0.25) is 0 Å². The molecule has 6 rings (SSSR count). The zero-order valence-electron chi connectivity index (χ0n) is 20.8. The Morgan fingerprint density at radius 1 is 0.875 bits per heavy atom. The number of rotatable bonds is 6. The van der Waals surface area contributed by atoms with E-state index < -0.39 is 17.5 Å². The lowest BCUT2D eigenvalue weighted by molar-refractivity contribution is 0.214. The van der Waals surface area contributed by atoms with Gasteiger partial charge in [-0.2, -0.15) is 0 Å². The molecule has 0 bridgehead atoms. The molecule has 40 heavy (non-hydrogen) atoms. The highest BCUT2D eigenvalue weighted by molar-refractivity contribution is 5.86. The number of halogens is 1. The zero-order valence-corrected chi connectivity index (χ0v) is 20.8. The smallest absolute Gasteiger partial charge is 0.417 e. The predicted octanol–water partition coefficient (Wildman–Crippen LogP) is 7.19. The number of aromatic nitrogens is 2. The van der Waals surface area contributed by atoms with Crippen LogP contribution < -0.4 is 20.3 Å². The van der Waals surface area contributed by atoms with E-state index in [0.717, 1.165) is 5.56 Å². The van der Waals surface area contributed by atoms with Gasteiger partial charge in [-0.15, -0.1) is 0 Å². The Hall–Kier alpha value is -5.70. The number of amides is 1. The van der Waals surface area contributed by atoms with Gasteiger partial charge in [-0.3, -0.25) is 19.7 Å². The highest BCUT2D eigenvalue weighted by Gasteiger charge is 2.14. The number of fused-ring (bicyclic) bond motifs is 1. The number of hydrogen-bond donors (Lipinski definition) is 1. The van der Waals surface area contributed by atoms with Gasteiger partial charge in [0, 0.05) is 41.5 Å². The fraction of sp³-hybridized carbons (Fsp3) is 0. The lowest BCUT2D eigenvalue weighted by Gasteiger charge is -2.10. The summed E-state index contributed by atoms with van der Waals surface area (Å²) in [5.74, 6) is 1.08. The average molecular weight is 534 g/mol. The third-order valence-electron chi connectivity index (χ3n) is 5.98. The minimum absolute atomic E-state index is 0.181. The molecule has 3 heterocycles. The molecule has 196 valence electrons. The largest absolute Gasteiger partial charge is 0.453 e. The molecule has 6 aromatic rings. The molecule has 0 aliphatic carbocycles. The second-order valence-corrected chi connectivity index (χ2v) is 8.67. The van der Waals surface area contributed by atoms with Crippen molar-refractivity contribution in [1.82, 2.24) is 9.55 Å². The number of furan rings is 1. The van der Waals surface area contributed by atoms with Crippen LogP contribution in [0.5, 0.6) is 17.2 Å². The maximum Gasteiger partial charge on any atom is 0.417 e. The van der Waals surface area contributed by atoms with Crippen LogP contribution in [0.3, 0.4) is 0 Å². The molecule has 0 saturated heterocycles. The topological polar surface area (TPSA) is 95.6 Å². The van der Waals surface area contributed by atoms with E-state index in [4.69, 9.17) is 13.9 Å². The second-order valence-electron chi connectivity index (χ2n) is 8.67. The standard InChI is InChI=1S/C31H20FN3O5/c32-21-8-12-23(13-9-21)35-18-4-7-27(30(35)36)40-31(37)34-22-10-14-24(15-11-22)38-26-16-17-33-25-19-28(39-29(25)26)20-5-2-1-3-6-20/h1-19H,(H,34,37). The van der Waals surface area contributed by atoms with E-state index in [1.165, 1.54) is 41.1 Å². The maximum absolute atomic E-state index is 13.2. The number of hydrogen-bond acceptors (Lipinski definition) is 6. The van der Waals surface area contributed by atoms with Crippen LogP contribution >= 0.6 is 0 Å². The van der Waals surface area contributed by atoms with E-state index >= 15 is 0 Å². The summed E-state index contributed by atoms with van der Waals surface area (Å²) in [7, 11) is 0. The monoisotopic (exact) mass is 533 g/mol. The molecule has 3 aromatic heterocycles. The summed E-state index contributed by atoms with van der Waals surface area (Å²) < 4.78 is 31.8. The number of nitrogens with one attached hydrogen (secondary N) is 1. The van der Waals surface area contributed by atoms with E-state index in [-0.39, 0.29) is 5.75 Å². The molecule has 9 heteroatoms. The number of anilines is 1. The van der Waals surface area contributed by atoms with Crippen LogP contribution in [0.15, 0.2) is 125 Å². The van der Waals surface area contributed by atoms with E-state index in [0.29, 0.717) is 39.7 Å². The number of pyridine rings is 2. The van der Waals surface area contributed by atoms with Crippen LogP contribution in [0.25, 0.3) is 28.1 Å². The average Bonchev–Trinajstić information content (AvgIpc) is 3.42. The van der Waals surface area contributed by atoms with E-state index in [1.807, 2.05) is 36.4 Å². The van der Waals surface area contributed by atoms with Crippen molar-refractivity contribution in [1.29, 1.82) is 0 Å². The van der Waals surface area contributed by atoms with Crippen LogP contribution in [0.2, 0.25) is 0 Å². The third kappa shape index (κ3) is 5.16. The third-order valence-corrected chi connectivity index (χ3v) is 5.98. The van der Waals surface area contributed by atoms with Crippen molar-refractivity contribution in [2.75, 3.05) is 5.32 Å².